The minimum Gasteiger partial charge on any atom is -0.493 e. The first-order valence-corrected chi connectivity index (χ1v) is 11.0. The molecule has 0 saturated carbocycles. The number of unbranched alkanes of at least 4 members (excludes halogenated alkanes) is 10. The number of hydrogen-bond acceptors (Lipinski definition) is 4. The van der Waals surface area contributed by atoms with Gasteiger partial charge in [-0.1, -0.05) is 78.1 Å². The molecule has 1 aromatic heterocycles. The molecule has 0 aliphatic heterocycles. The van der Waals surface area contributed by atoms with Crippen LogP contribution < -0.4 is 4.74 Å². The van der Waals surface area contributed by atoms with Crippen LogP contribution in [0.5, 0.6) is 5.75 Å². The van der Waals surface area contributed by atoms with Crippen LogP contribution in [0.3, 0.4) is 0 Å². The Hall–Kier alpha value is -1.03. The van der Waals surface area contributed by atoms with Crippen LogP contribution in [0, 0.1) is 0 Å². The van der Waals surface area contributed by atoms with Crippen molar-refractivity contribution in [1.29, 1.82) is 0 Å². The number of ether oxygens (including phenoxy) is 2. The van der Waals surface area contributed by atoms with Crippen LogP contribution in [0.2, 0.25) is 0 Å². The molecule has 0 radical (unpaired) electrons. The van der Waals surface area contributed by atoms with Crippen molar-refractivity contribution in [2.45, 2.75) is 90.9 Å². The Morgan fingerprint density at radius 1 is 0.840 bits per heavy atom. The minimum absolute atomic E-state index is 0.229. The molecule has 0 aromatic carbocycles. The van der Waals surface area contributed by atoms with Crippen LogP contribution >= 0.6 is 11.3 Å². The Kier molecular flexibility index (Phi) is 13.4. The van der Waals surface area contributed by atoms with Gasteiger partial charge in [0, 0.05) is 11.4 Å². The predicted octanol–water partition coefficient (Wildman–Crippen LogP) is 7.00. The molecule has 4 heteroatoms. The molecule has 3 nitrogen and oxygen atoms in total. The van der Waals surface area contributed by atoms with E-state index in [1.165, 1.54) is 69.1 Å². The van der Waals surface area contributed by atoms with Gasteiger partial charge in [0.25, 0.3) is 0 Å². The fourth-order valence-corrected chi connectivity index (χ4v) is 3.38. The summed E-state index contributed by atoms with van der Waals surface area (Å²) in [4.78, 5) is 12.5. The van der Waals surface area contributed by atoms with Gasteiger partial charge in [0.05, 0.1) is 13.2 Å². The van der Waals surface area contributed by atoms with Crippen molar-refractivity contribution in [1.82, 2.24) is 0 Å². The van der Waals surface area contributed by atoms with Crippen molar-refractivity contribution in [2.75, 3.05) is 13.2 Å². The third-order valence-electron chi connectivity index (χ3n) is 4.27. The molecule has 0 aliphatic rings. The van der Waals surface area contributed by atoms with Gasteiger partial charge >= 0.3 is 5.97 Å². The first-order valence-electron chi connectivity index (χ1n) is 10.2. The second-order valence-corrected chi connectivity index (χ2v) is 7.58. The lowest BCUT2D eigenvalue weighted by Gasteiger charge is -2.04. The Balaban J connectivity index is 1.99. The van der Waals surface area contributed by atoms with Crippen LogP contribution in [0.4, 0.5) is 0 Å². The first-order chi connectivity index (χ1) is 12.3. The molecule has 0 spiro atoms. The van der Waals surface area contributed by atoms with Crippen molar-refractivity contribution < 1.29 is 14.3 Å². The first kappa shape index (κ1) is 22.0. The SMILES string of the molecule is CCCCCCCCCCCCOc1csc(C(=O)OCCCC)c1. The van der Waals surface area contributed by atoms with Gasteiger partial charge in [-0.3, -0.25) is 0 Å². The van der Waals surface area contributed by atoms with Gasteiger partial charge in [0.15, 0.2) is 0 Å². The number of thiophene rings is 1. The molecule has 0 N–H and O–H groups in total. The molecule has 0 amide bonds. The fourth-order valence-electron chi connectivity index (χ4n) is 2.66. The summed E-state index contributed by atoms with van der Waals surface area (Å²) >= 11 is 1.40. The maximum atomic E-state index is 11.8. The minimum atomic E-state index is -0.229. The summed E-state index contributed by atoms with van der Waals surface area (Å²) in [5, 5.41) is 1.90. The normalized spacial score (nSPS) is 10.8. The van der Waals surface area contributed by atoms with Crippen LogP contribution in [0.15, 0.2) is 11.4 Å². The maximum absolute atomic E-state index is 11.8. The van der Waals surface area contributed by atoms with Crippen LogP contribution in [0.25, 0.3) is 0 Å². The van der Waals surface area contributed by atoms with Gasteiger partial charge < -0.3 is 9.47 Å². The summed E-state index contributed by atoms with van der Waals surface area (Å²) in [6, 6.07) is 1.80. The average molecular weight is 369 g/mol. The van der Waals surface area contributed by atoms with E-state index in [0.717, 1.165) is 31.6 Å². The monoisotopic (exact) mass is 368 g/mol. The van der Waals surface area contributed by atoms with Gasteiger partial charge in [-0.05, 0) is 12.8 Å². The van der Waals surface area contributed by atoms with Crippen LogP contribution in [-0.4, -0.2) is 19.2 Å². The Morgan fingerprint density at radius 3 is 2.08 bits per heavy atom. The number of carbonyl (C=O) groups excluding carboxylic acids is 1. The van der Waals surface area contributed by atoms with Crippen molar-refractivity contribution in [2.24, 2.45) is 0 Å². The molecule has 0 bridgehead atoms. The van der Waals surface area contributed by atoms with Crippen molar-refractivity contribution in [3.8, 4) is 5.75 Å². The van der Waals surface area contributed by atoms with Gasteiger partial charge in [0.2, 0.25) is 0 Å². The third-order valence-corrected chi connectivity index (χ3v) is 5.16. The van der Waals surface area contributed by atoms with Crippen molar-refractivity contribution >= 4 is 17.3 Å². The van der Waals surface area contributed by atoms with E-state index < -0.39 is 0 Å². The largest absolute Gasteiger partial charge is 0.493 e. The predicted molar refractivity (Wildman–Crippen MR) is 107 cm³/mol. The zero-order chi connectivity index (χ0) is 18.2. The Labute approximate surface area is 158 Å². The number of carbonyl (C=O) groups is 1. The summed E-state index contributed by atoms with van der Waals surface area (Å²) in [6.45, 7) is 5.58. The maximum Gasteiger partial charge on any atom is 0.348 e. The van der Waals surface area contributed by atoms with E-state index in [4.69, 9.17) is 9.47 Å². The van der Waals surface area contributed by atoms with Crippen LogP contribution in [0.1, 0.15) is 101 Å². The molecular weight excluding hydrogens is 332 g/mol. The topological polar surface area (TPSA) is 35.5 Å². The Bertz CT molecular complexity index is 442. The van der Waals surface area contributed by atoms with Gasteiger partial charge in [-0.25, -0.2) is 4.79 Å². The highest BCUT2D eigenvalue weighted by molar-refractivity contribution is 7.12. The summed E-state index contributed by atoms with van der Waals surface area (Å²) in [5.41, 5.74) is 0. The van der Waals surface area contributed by atoms with Gasteiger partial charge in [-0.2, -0.15) is 0 Å². The molecule has 0 saturated heterocycles. The van der Waals surface area contributed by atoms with Crippen molar-refractivity contribution in [3.05, 3.63) is 16.3 Å². The highest BCUT2D eigenvalue weighted by Crippen LogP contribution is 2.23. The quantitative estimate of drug-likeness (QED) is 0.233. The zero-order valence-corrected chi connectivity index (χ0v) is 17.0. The Morgan fingerprint density at radius 2 is 1.44 bits per heavy atom. The van der Waals surface area contributed by atoms with Gasteiger partial charge in [0.1, 0.15) is 10.6 Å². The third kappa shape index (κ3) is 11.2. The van der Waals surface area contributed by atoms with E-state index in [0.29, 0.717) is 11.5 Å². The van der Waals surface area contributed by atoms with Gasteiger partial charge in [-0.15, -0.1) is 11.3 Å². The van der Waals surface area contributed by atoms with E-state index in [1.807, 2.05) is 5.38 Å². The number of rotatable bonds is 16. The summed E-state index contributed by atoms with van der Waals surface area (Å²) in [5.74, 6) is 0.565. The lowest BCUT2D eigenvalue weighted by Crippen LogP contribution is -2.04. The molecule has 0 unspecified atom stereocenters. The zero-order valence-electron chi connectivity index (χ0n) is 16.2. The summed E-state index contributed by atoms with van der Waals surface area (Å²) in [6.07, 6.45) is 15.2. The molecule has 0 atom stereocenters. The van der Waals surface area contributed by atoms with E-state index in [9.17, 15) is 4.79 Å². The highest BCUT2D eigenvalue weighted by atomic mass is 32.1. The molecule has 144 valence electrons. The standard InChI is InChI=1S/C21H36O3S/c1-3-5-7-8-9-10-11-12-13-14-16-23-19-17-20(25-18-19)21(22)24-15-6-4-2/h17-18H,3-16H2,1-2H3. The molecule has 25 heavy (non-hydrogen) atoms. The molecule has 1 rings (SSSR count). The molecule has 1 aromatic rings. The molecule has 0 aliphatic carbocycles. The van der Waals surface area contributed by atoms with E-state index in [-0.39, 0.29) is 5.97 Å². The number of hydrogen-bond donors (Lipinski definition) is 0. The molecule has 1 heterocycles. The fraction of sp³-hybridized carbons (Fsp3) is 0.762. The van der Waals surface area contributed by atoms with E-state index in [1.54, 1.807) is 6.07 Å². The van der Waals surface area contributed by atoms with E-state index >= 15 is 0 Å². The number of esters is 1. The van der Waals surface area contributed by atoms with Crippen molar-refractivity contribution in [3.63, 3.8) is 0 Å². The second-order valence-electron chi connectivity index (χ2n) is 6.67. The van der Waals surface area contributed by atoms with E-state index in [2.05, 4.69) is 13.8 Å². The summed E-state index contributed by atoms with van der Waals surface area (Å²) in [7, 11) is 0. The van der Waals surface area contributed by atoms with Crippen LogP contribution in [-0.2, 0) is 4.74 Å². The highest BCUT2D eigenvalue weighted by Gasteiger charge is 2.10. The summed E-state index contributed by atoms with van der Waals surface area (Å²) < 4.78 is 10.9. The average Bonchev–Trinajstić information content (AvgIpc) is 3.09. The smallest absolute Gasteiger partial charge is 0.348 e. The molecular formula is C21H36O3S. The lowest BCUT2D eigenvalue weighted by atomic mass is 10.1. The second kappa shape index (κ2) is 15.2. The molecule has 0 fully saturated rings. The lowest BCUT2D eigenvalue weighted by molar-refractivity contribution is 0.0505.